The average Bonchev–Trinajstić information content (AvgIpc) is 2.94. The first kappa shape index (κ1) is 16.0. The van der Waals surface area contributed by atoms with Crippen LogP contribution in [0, 0.1) is 11.7 Å². The third-order valence-corrected chi connectivity index (χ3v) is 5.04. The molecule has 0 saturated heterocycles. The minimum absolute atomic E-state index is 0.684. The van der Waals surface area contributed by atoms with E-state index in [-0.39, 0.29) is 0 Å². The highest BCUT2D eigenvalue weighted by molar-refractivity contribution is 7.98. The van der Waals surface area contributed by atoms with Gasteiger partial charge in [-0.1, -0.05) is 54.6 Å². The van der Waals surface area contributed by atoms with Crippen LogP contribution >= 0.6 is 24.0 Å². The first-order valence-corrected chi connectivity index (χ1v) is 9.15. The molecule has 0 atom stereocenters. The van der Waals surface area contributed by atoms with Crippen LogP contribution in [0.3, 0.4) is 0 Å². The van der Waals surface area contributed by atoms with E-state index in [4.69, 9.17) is 12.2 Å². The van der Waals surface area contributed by atoms with Gasteiger partial charge in [0.2, 0.25) is 0 Å². The van der Waals surface area contributed by atoms with Gasteiger partial charge >= 0.3 is 0 Å². The number of aromatic nitrogens is 3. The van der Waals surface area contributed by atoms with E-state index in [2.05, 4.69) is 58.1 Å². The second-order valence-electron chi connectivity index (χ2n) is 5.36. The van der Waals surface area contributed by atoms with Gasteiger partial charge in [0.1, 0.15) is 0 Å². The van der Waals surface area contributed by atoms with Crippen LogP contribution in [-0.2, 0) is 12.3 Å². The quantitative estimate of drug-likeness (QED) is 0.514. The van der Waals surface area contributed by atoms with Crippen molar-refractivity contribution >= 4 is 24.0 Å². The summed E-state index contributed by atoms with van der Waals surface area (Å²) in [5.41, 5.74) is 3.69. The molecule has 0 aliphatic heterocycles. The summed E-state index contributed by atoms with van der Waals surface area (Å²) >= 11 is 7.31. The minimum atomic E-state index is 0.684. The molecule has 0 radical (unpaired) electrons. The van der Waals surface area contributed by atoms with Gasteiger partial charge < -0.3 is 0 Å². The molecule has 2 aromatic carbocycles. The monoisotopic (exact) mass is 341 g/mol. The maximum absolute atomic E-state index is 5.39. The van der Waals surface area contributed by atoms with E-state index in [0.29, 0.717) is 4.77 Å². The van der Waals surface area contributed by atoms with E-state index < -0.39 is 0 Å². The van der Waals surface area contributed by atoms with Crippen LogP contribution in [0.1, 0.15) is 11.1 Å². The number of aryl methyl sites for hydroxylation is 1. The van der Waals surface area contributed by atoms with E-state index in [1.54, 1.807) is 0 Å². The maximum Gasteiger partial charge on any atom is 0.195 e. The molecule has 118 valence electrons. The molecule has 0 aliphatic carbocycles. The standard InChI is InChI=1S/C18H19N3S2/c1-14-7-5-6-10-16(14)17-19-20-18(22)21(17)11-12-23-13-15-8-3-2-4-9-15/h2-10H,11-13H2,1H3,(H,20,22). The van der Waals surface area contributed by atoms with Gasteiger partial charge in [0.05, 0.1) is 0 Å². The zero-order valence-corrected chi connectivity index (χ0v) is 14.7. The fourth-order valence-corrected chi connectivity index (χ4v) is 3.58. The molecule has 3 nitrogen and oxygen atoms in total. The SMILES string of the molecule is Cc1ccccc1-c1n[nH]c(=S)n1CCSCc1ccccc1. The molecule has 1 N–H and O–H groups in total. The van der Waals surface area contributed by atoms with Crippen molar-refractivity contribution in [3.05, 3.63) is 70.5 Å². The molecule has 0 spiro atoms. The molecule has 5 heteroatoms. The Kier molecular flexibility index (Phi) is 5.31. The van der Waals surface area contributed by atoms with Gasteiger partial charge in [0.25, 0.3) is 0 Å². The number of hydrogen-bond acceptors (Lipinski definition) is 3. The molecule has 0 fully saturated rings. The summed E-state index contributed by atoms with van der Waals surface area (Å²) in [7, 11) is 0. The van der Waals surface area contributed by atoms with E-state index >= 15 is 0 Å². The van der Waals surface area contributed by atoms with Crippen molar-refractivity contribution < 1.29 is 0 Å². The molecule has 0 unspecified atom stereocenters. The fraction of sp³-hybridized carbons (Fsp3) is 0.222. The Labute approximate surface area is 145 Å². The molecule has 1 aromatic heterocycles. The van der Waals surface area contributed by atoms with Crippen LogP contribution in [-0.4, -0.2) is 20.5 Å². The first-order valence-electron chi connectivity index (χ1n) is 7.58. The topological polar surface area (TPSA) is 33.6 Å². The summed E-state index contributed by atoms with van der Waals surface area (Å²) in [4.78, 5) is 0. The number of benzene rings is 2. The van der Waals surface area contributed by atoms with Gasteiger partial charge in [-0.3, -0.25) is 9.67 Å². The Bertz CT molecular complexity index is 822. The highest BCUT2D eigenvalue weighted by Crippen LogP contribution is 2.22. The average molecular weight is 342 g/mol. The van der Waals surface area contributed by atoms with E-state index in [1.165, 1.54) is 11.1 Å². The Morgan fingerprint density at radius 2 is 1.83 bits per heavy atom. The summed E-state index contributed by atoms with van der Waals surface area (Å²) < 4.78 is 2.78. The Hall–Kier alpha value is -1.85. The molecular weight excluding hydrogens is 322 g/mol. The molecule has 3 aromatic rings. The van der Waals surface area contributed by atoms with Gasteiger partial charge in [0.15, 0.2) is 10.6 Å². The second kappa shape index (κ2) is 7.62. The third-order valence-electron chi connectivity index (χ3n) is 3.72. The highest BCUT2D eigenvalue weighted by atomic mass is 32.2. The zero-order valence-electron chi connectivity index (χ0n) is 13.0. The molecule has 0 bridgehead atoms. The summed E-state index contributed by atoms with van der Waals surface area (Å²) in [6.45, 7) is 2.96. The van der Waals surface area contributed by atoms with Crippen LogP contribution in [0.15, 0.2) is 54.6 Å². The molecule has 0 saturated carbocycles. The van der Waals surface area contributed by atoms with Gasteiger partial charge in [-0.05, 0) is 30.3 Å². The van der Waals surface area contributed by atoms with E-state index in [1.807, 2.05) is 30.0 Å². The number of nitrogens with one attached hydrogen (secondary N) is 1. The van der Waals surface area contributed by atoms with E-state index in [0.717, 1.165) is 29.4 Å². The van der Waals surface area contributed by atoms with Crippen molar-refractivity contribution in [1.29, 1.82) is 0 Å². The van der Waals surface area contributed by atoms with Gasteiger partial charge in [-0.2, -0.15) is 16.9 Å². The summed E-state index contributed by atoms with van der Waals surface area (Å²) in [6, 6.07) is 18.8. The second-order valence-corrected chi connectivity index (χ2v) is 6.85. The lowest BCUT2D eigenvalue weighted by Crippen LogP contribution is -2.04. The third kappa shape index (κ3) is 3.92. The van der Waals surface area contributed by atoms with Crippen LogP contribution in [0.2, 0.25) is 0 Å². The van der Waals surface area contributed by atoms with E-state index in [9.17, 15) is 0 Å². The number of thioether (sulfide) groups is 1. The van der Waals surface area contributed by atoms with Crippen LogP contribution in [0.25, 0.3) is 11.4 Å². The van der Waals surface area contributed by atoms with Crippen molar-refractivity contribution in [2.45, 2.75) is 19.2 Å². The zero-order chi connectivity index (χ0) is 16.1. The van der Waals surface area contributed by atoms with Gasteiger partial charge in [-0.15, -0.1) is 0 Å². The summed E-state index contributed by atoms with van der Waals surface area (Å²) in [5.74, 6) is 2.95. The Balaban J connectivity index is 1.68. The smallest absolute Gasteiger partial charge is 0.195 e. The molecule has 0 amide bonds. The van der Waals surface area contributed by atoms with Gasteiger partial charge in [0, 0.05) is 23.6 Å². The minimum Gasteiger partial charge on any atom is -0.299 e. The lowest BCUT2D eigenvalue weighted by Gasteiger charge is -2.09. The number of H-pyrrole nitrogens is 1. The van der Waals surface area contributed by atoms with Crippen molar-refractivity contribution in [3.63, 3.8) is 0 Å². The lowest BCUT2D eigenvalue weighted by molar-refractivity contribution is 0.763. The van der Waals surface area contributed by atoms with Crippen molar-refractivity contribution in [2.75, 3.05) is 5.75 Å². The predicted octanol–water partition coefficient (Wildman–Crippen LogP) is 4.85. The normalized spacial score (nSPS) is 10.8. The maximum atomic E-state index is 5.39. The number of hydrogen-bond donors (Lipinski definition) is 1. The summed E-state index contributed by atoms with van der Waals surface area (Å²) in [6.07, 6.45) is 0. The Morgan fingerprint density at radius 3 is 2.61 bits per heavy atom. The molecular formula is C18H19N3S2. The molecule has 0 aliphatic rings. The summed E-state index contributed by atoms with van der Waals surface area (Å²) in [5, 5.41) is 7.35. The van der Waals surface area contributed by atoms with Crippen molar-refractivity contribution in [3.8, 4) is 11.4 Å². The number of nitrogens with zero attached hydrogens (tertiary/aromatic N) is 2. The molecule has 3 rings (SSSR count). The van der Waals surface area contributed by atoms with Crippen molar-refractivity contribution in [2.24, 2.45) is 0 Å². The highest BCUT2D eigenvalue weighted by Gasteiger charge is 2.10. The van der Waals surface area contributed by atoms with Gasteiger partial charge in [-0.25, -0.2) is 0 Å². The number of aromatic amines is 1. The Morgan fingerprint density at radius 1 is 1.09 bits per heavy atom. The predicted molar refractivity (Wildman–Crippen MR) is 100 cm³/mol. The largest absolute Gasteiger partial charge is 0.299 e. The molecule has 23 heavy (non-hydrogen) atoms. The van der Waals surface area contributed by atoms with Crippen LogP contribution < -0.4 is 0 Å². The molecule has 1 heterocycles. The van der Waals surface area contributed by atoms with Crippen LogP contribution in [0.4, 0.5) is 0 Å². The number of rotatable bonds is 6. The first-order chi connectivity index (χ1) is 11.3. The fourth-order valence-electron chi connectivity index (χ4n) is 2.47. The van der Waals surface area contributed by atoms with Crippen LogP contribution in [0.5, 0.6) is 0 Å². The lowest BCUT2D eigenvalue weighted by atomic mass is 10.1. The van der Waals surface area contributed by atoms with Crippen molar-refractivity contribution in [1.82, 2.24) is 14.8 Å².